The number of rotatable bonds is 4. The number of hydrogen-bond acceptors (Lipinski definition) is 4. The molecule has 0 radical (unpaired) electrons. The van der Waals surface area contributed by atoms with E-state index in [9.17, 15) is 4.79 Å². The van der Waals surface area contributed by atoms with Gasteiger partial charge in [0.1, 0.15) is 5.75 Å². The van der Waals surface area contributed by atoms with Crippen LogP contribution in [0.2, 0.25) is 0 Å². The van der Waals surface area contributed by atoms with Gasteiger partial charge in [-0.3, -0.25) is 9.78 Å². The van der Waals surface area contributed by atoms with Crippen molar-refractivity contribution in [1.29, 1.82) is 0 Å². The summed E-state index contributed by atoms with van der Waals surface area (Å²) in [5.74, 6) is 1.04. The maximum atomic E-state index is 12.7. The minimum atomic E-state index is 0.0536. The summed E-state index contributed by atoms with van der Waals surface area (Å²) in [4.78, 5) is 19.3. The highest BCUT2D eigenvalue weighted by Gasteiger charge is 2.29. The molecule has 1 aliphatic rings. The highest BCUT2D eigenvalue weighted by molar-refractivity contribution is 5.94. The van der Waals surface area contributed by atoms with Gasteiger partial charge >= 0.3 is 0 Å². The molecule has 1 aromatic carbocycles. The highest BCUT2D eigenvalue weighted by atomic mass is 16.5. The molecule has 2 aromatic rings. The van der Waals surface area contributed by atoms with Crippen LogP contribution in [-0.4, -0.2) is 43.0 Å². The molecule has 1 fully saturated rings. The van der Waals surface area contributed by atoms with Gasteiger partial charge in [-0.2, -0.15) is 0 Å². The predicted molar refractivity (Wildman–Crippen MR) is 94.8 cm³/mol. The van der Waals surface area contributed by atoms with Gasteiger partial charge in [-0.25, -0.2) is 0 Å². The number of nitrogens with zero attached hydrogens (tertiary/aromatic N) is 2. The molecule has 1 saturated heterocycles. The smallest absolute Gasteiger partial charge is 0.254 e. The Hall–Kier alpha value is -2.56. The topological polar surface area (TPSA) is 54.5 Å². The molecule has 3 rings (SSSR count). The lowest BCUT2D eigenvalue weighted by Crippen LogP contribution is -2.28. The summed E-state index contributed by atoms with van der Waals surface area (Å²) in [5, 5.41) is 3.17. The SMILES string of the molecule is CNc1cc(C)nc([C@H]2CCN(C(=O)c3cccc(OC)c3)C2)c1. The normalized spacial score (nSPS) is 17.0. The number of benzene rings is 1. The number of carbonyl (C=O) groups is 1. The average Bonchev–Trinajstić information content (AvgIpc) is 3.10. The second kappa shape index (κ2) is 6.91. The zero-order valence-electron chi connectivity index (χ0n) is 14.4. The molecule has 1 aromatic heterocycles. The molecule has 1 amide bonds. The second-order valence-corrected chi connectivity index (χ2v) is 6.14. The minimum absolute atomic E-state index is 0.0536. The Labute approximate surface area is 142 Å². The van der Waals surface area contributed by atoms with E-state index in [1.54, 1.807) is 13.2 Å². The van der Waals surface area contributed by atoms with Crippen LogP contribution in [0.3, 0.4) is 0 Å². The third kappa shape index (κ3) is 3.35. The molecule has 126 valence electrons. The molecule has 0 bridgehead atoms. The summed E-state index contributed by atoms with van der Waals surface area (Å²) < 4.78 is 5.21. The molecule has 1 aliphatic heterocycles. The standard InChI is InChI=1S/C19H23N3O2/c1-13-9-16(20-2)11-18(21-13)15-7-8-22(12-15)19(23)14-5-4-6-17(10-14)24-3/h4-6,9-11,15H,7-8,12H2,1-3H3,(H,20,21)/t15-/m0/s1. The van der Waals surface area contributed by atoms with Gasteiger partial charge in [0, 0.05) is 48.7 Å². The van der Waals surface area contributed by atoms with Crippen LogP contribution >= 0.6 is 0 Å². The van der Waals surface area contributed by atoms with Crippen molar-refractivity contribution in [3.63, 3.8) is 0 Å². The largest absolute Gasteiger partial charge is 0.497 e. The van der Waals surface area contributed by atoms with Gasteiger partial charge in [0.2, 0.25) is 0 Å². The van der Waals surface area contributed by atoms with E-state index in [0.717, 1.165) is 30.0 Å². The number of amides is 1. The van der Waals surface area contributed by atoms with Crippen LogP contribution in [0.15, 0.2) is 36.4 Å². The molecule has 0 spiro atoms. The van der Waals surface area contributed by atoms with Gasteiger partial charge in [0.05, 0.1) is 7.11 Å². The first-order valence-electron chi connectivity index (χ1n) is 8.20. The Morgan fingerprint density at radius 3 is 2.92 bits per heavy atom. The van der Waals surface area contributed by atoms with Crippen molar-refractivity contribution in [2.45, 2.75) is 19.3 Å². The van der Waals surface area contributed by atoms with Crippen LogP contribution in [-0.2, 0) is 0 Å². The van der Waals surface area contributed by atoms with Crippen LogP contribution in [0.5, 0.6) is 5.75 Å². The van der Waals surface area contributed by atoms with Gasteiger partial charge in [-0.1, -0.05) is 6.07 Å². The van der Waals surface area contributed by atoms with Crippen molar-refractivity contribution >= 4 is 11.6 Å². The molecule has 1 N–H and O–H groups in total. The summed E-state index contributed by atoms with van der Waals surface area (Å²) in [6, 6.07) is 11.4. The number of ether oxygens (including phenoxy) is 1. The number of nitrogens with one attached hydrogen (secondary N) is 1. The number of carbonyl (C=O) groups excluding carboxylic acids is 1. The van der Waals surface area contributed by atoms with E-state index in [1.165, 1.54) is 0 Å². The molecule has 24 heavy (non-hydrogen) atoms. The number of hydrogen-bond donors (Lipinski definition) is 1. The number of aromatic nitrogens is 1. The lowest BCUT2D eigenvalue weighted by Gasteiger charge is -2.17. The van der Waals surface area contributed by atoms with Gasteiger partial charge < -0.3 is 15.0 Å². The Morgan fingerprint density at radius 2 is 2.17 bits per heavy atom. The van der Waals surface area contributed by atoms with Crippen LogP contribution in [0.25, 0.3) is 0 Å². The minimum Gasteiger partial charge on any atom is -0.497 e. The maximum absolute atomic E-state index is 12.7. The molecule has 0 unspecified atom stereocenters. The highest BCUT2D eigenvalue weighted by Crippen LogP contribution is 2.29. The Bertz CT molecular complexity index is 745. The van der Waals surface area contributed by atoms with E-state index in [4.69, 9.17) is 4.74 Å². The third-order valence-corrected chi connectivity index (χ3v) is 4.47. The Kier molecular flexibility index (Phi) is 4.69. The molecule has 5 heteroatoms. The van der Waals surface area contributed by atoms with Crippen molar-refractivity contribution in [1.82, 2.24) is 9.88 Å². The first-order chi connectivity index (χ1) is 11.6. The number of likely N-dealkylation sites (tertiary alicyclic amines) is 1. The predicted octanol–water partition coefficient (Wildman–Crippen LogP) is 3.07. The third-order valence-electron chi connectivity index (χ3n) is 4.47. The van der Waals surface area contributed by atoms with Crippen molar-refractivity contribution in [3.8, 4) is 5.75 Å². The zero-order valence-corrected chi connectivity index (χ0v) is 14.4. The van der Waals surface area contributed by atoms with E-state index in [2.05, 4.69) is 16.4 Å². The molecule has 5 nitrogen and oxygen atoms in total. The molecule has 0 saturated carbocycles. The van der Waals surface area contributed by atoms with Crippen molar-refractivity contribution < 1.29 is 9.53 Å². The molecule has 1 atom stereocenters. The molecule has 0 aliphatic carbocycles. The number of aryl methyl sites for hydroxylation is 1. The number of pyridine rings is 1. The van der Waals surface area contributed by atoms with Crippen molar-refractivity contribution in [3.05, 3.63) is 53.3 Å². The quantitative estimate of drug-likeness (QED) is 0.938. The fourth-order valence-electron chi connectivity index (χ4n) is 3.17. The summed E-state index contributed by atoms with van der Waals surface area (Å²) in [6.45, 7) is 3.46. The van der Waals surface area contributed by atoms with Crippen LogP contribution in [0.4, 0.5) is 5.69 Å². The molecular formula is C19H23N3O2. The molecule has 2 heterocycles. The summed E-state index contributed by atoms with van der Waals surface area (Å²) in [6.07, 6.45) is 0.940. The fourth-order valence-corrected chi connectivity index (χ4v) is 3.17. The first kappa shape index (κ1) is 16.3. The summed E-state index contributed by atoms with van der Waals surface area (Å²) in [7, 11) is 3.52. The van der Waals surface area contributed by atoms with Crippen molar-refractivity contribution in [2.75, 3.05) is 32.6 Å². The van der Waals surface area contributed by atoms with Gasteiger partial charge in [-0.15, -0.1) is 0 Å². The van der Waals surface area contributed by atoms with Crippen molar-refractivity contribution in [2.24, 2.45) is 0 Å². The van der Waals surface area contributed by atoms with Crippen LogP contribution in [0, 0.1) is 6.92 Å². The van der Waals surface area contributed by atoms with Gasteiger partial charge in [-0.05, 0) is 43.7 Å². The van der Waals surface area contributed by atoms with Crippen LogP contribution < -0.4 is 10.1 Å². The van der Waals surface area contributed by atoms with E-state index in [-0.39, 0.29) is 11.8 Å². The van der Waals surface area contributed by atoms with Crippen LogP contribution in [0.1, 0.15) is 34.1 Å². The second-order valence-electron chi connectivity index (χ2n) is 6.14. The fraction of sp³-hybridized carbons (Fsp3) is 0.368. The Morgan fingerprint density at radius 1 is 1.33 bits per heavy atom. The van der Waals surface area contributed by atoms with E-state index in [1.807, 2.05) is 43.1 Å². The van der Waals surface area contributed by atoms with E-state index in [0.29, 0.717) is 17.9 Å². The lowest BCUT2D eigenvalue weighted by atomic mass is 10.0. The monoisotopic (exact) mass is 325 g/mol. The first-order valence-corrected chi connectivity index (χ1v) is 8.20. The van der Waals surface area contributed by atoms with E-state index < -0.39 is 0 Å². The maximum Gasteiger partial charge on any atom is 0.254 e. The average molecular weight is 325 g/mol. The number of anilines is 1. The van der Waals surface area contributed by atoms with Gasteiger partial charge in [0.15, 0.2) is 0 Å². The lowest BCUT2D eigenvalue weighted by molar-refractivity contribution is 0.0790. The zero-order chi connectivity index (χ0) is 17.1. The number of methoxy groups -OCH3 is 1. The van der Waals surface area contributed by atoms with Gasteiger partial charge in [0.25, 0.3) is 5.91 Å². The molecular weight excluding hydrogens is 302 g/mol. The summed E-state index contributed by atoms with van der Waals surface area (Å²) in [5.41, 5.74) is 3.79. The van der Waals surface area contributed by atoms with E-state index >= 15 is 0 Å². The Balaban J connectivity index is 1.75. The summed E-state index contributed by atoms with van der Waals surface area (Å²) >= 11 is 0.